The summed E-state index contributed by atoms with van der Waals surface area (Å²) < 4.78 is 40.0. The Balaban J connectivity index is 2.97. The first-order valence-electron chi connectivity index (χ1n) is 4.31. The molecule has 17 heavy (non-hydrogen) atoms. The van der Waals surface area contributed by atoms with Gasteiger partial charge in [0, 0.05) is 0 Å². The van der Waals surface area contributed by atoms with Crippen molar-refractivity contribution in [3.8, 4) is 5.88 Å². The number of pyridine rings is 1. The first-order chi connectivity index (χ1) is 7.72. The number of nitro groups is 1. The molecule has 0 saturated heterocycles. The first-order valence-corrected chi connectivity index (χ1v) is 4.31. The molecular weight excluding hydrogens is 243 g/mol. The Morgan fingerprint density at radius 1 is 1.59 bits per heavy atom. The van der Waals surface area contributed by atoms with E-state index in [9.17, 15) is 23.3 Å². The zero-order valence-electron chi connectivity index (χ0n) is 8.61. The molecule has 1 aromatic rings. The lowest BCUT2D eigenvalue weighted by molar-refractivity contribution is -0.385. The fourth-order valence-electron chi connectivity index (χ4n) is 1.03. The van der Waals surface area contributed by atoms with Crippen LogP contribution in [-0.2, 0) is 0 Å². The molecule has 1 rings (SSSR count). The molecule has 0 unspecified atom stereocenters. The van der Waals surface area contributed by atoms with Crippen molar-refractivity contribution in [3.63, 3.8) is 0 Å². The molecule has 1 heterocycles. The van der Waals surface area contributed by atoms with Crippen LogP contribution in [0.2, 0.25) is 0 Å². The third-order valence-electron chi connectivity index (χ3n) is 1.89. The van der Waals surface area contributed by atoms with Crippen LogP contribution in [0.1, 0.15) is 5.56 Å². The van der Waals surface area contributed by atoms with E-state index in [0.29, 0.717) is 0 Å². The maximum absolute atomic E-state index is 11.9. The van der Waals surface area contributed by atoms with Crippen LogP contribution >= 0.6 is 0 Å². The van der Waals surface area contributed by atoms with Crippen LogP contribution in [0, 0.1) is 17.0 Å². The van der Waals surface area contributed by atoms with E-state index < -0.39 is 23.6 Å². The fraction of sp³-hybridized carbons (Fsp3) is 0.375. The Morgan fingerprint density at radius 3 is 2.65 bits per heavy atom. The highest BCUT2D eigenvalue weighted by Gasteiger charge is 2.29. The Labute approximate surface area is 93.3 Å². The highest BCUT2D eigenvalue weighted by atomic mass is 19.4. The van der Waals surface area contributed by atoms with Crippen molar-refractivity contribution in [1.82, 2.24) is 4.98 Å². The molecule has 0 aliphatic carbocycles. The Kier molecular flexibility index (Phi) is 3.39. The average molecular weight is 251 g/mol. The van der Waals surface area contributed by atoms with Gasteiger partial charge in [0.2, 0.25) is 5.88 Å². The van der Waals surface area contributed by atoms with E-state index in [4.69, 9.17) is 5.73 Å². The molecule has 0 radical (unpaired) electrons. The normalized spacial score (nSPS) is 11.3. The molecular formula is C8H8F3N3O3. The minimum Gasteiger partial charge on any atom is -0.467 e. The van der Waals surface area contributed by atoms with Gasteiger partial charge in [-0.25, -0.2) is 4.98 Å². The van der Waals surface area contributed by atoms with Gasteiger partial charge in [0.05, 0.1) is 10.5 Å². The lowest BCUT2D eigenvalue weighted by Crippen LogP contribution is -2.20. The number of rotatable bonds is 3. The van der Waals surface area contributed by atoms with E-state index >= 15 is 0 Å². The van der Waals surface area contributed by atoms with E-state index in [1.807, 2.05) is 0 Å². The molecule has 0 aliphatic rings. The van der Waals surface area contributed by atoms with Crippen molar-refractivity contribution >= 4 is 11.4 Å². The quantitative estimate of drug-likeness (QED) is 0.653. The standard InChI is InChI=1S/C8H8F3N3O3/c1-4-5(14(15)16)2-13-7(6(4)12)17-3-8(9,10)11/h2H,3,12H2,1H3. The summed E-state index contributed by atoms with van der Waals surface area (Å²) in [5, 5.41) is 10.5. The third kappa shape index (κ3) is 3.20. The summed E-state index contributed by atoms with van der Waals surface area (Å²) in [7, 11) is 0. The summed E-state index contributed by atoms with van der Waals surface area (Å²) in [6.45, 7) is -0.253. The smallest absolute Gasteiger partial charge is 0.422 e. The second-order valence-corrected chi connectivity index (χ2v) is 3.15. The van der Waals surface area contributed by atoms with Crippen LogP contribution < -0.4 is 10.5 Å². The SMILES string of the molecule is Cc1c([N+](=O)[O-])cnc(OCC(F)(F)F)c1N. The topological polar surface area (TPSA) is 91.3 Å². The van der Waals surface area contributed by atoms with Crippen molar-refractivity contribution in [1.29, 1.82) is 0 Å². The highest BCUT2D eigenvalue weighted by molar-refractivity contribution is 5.61. The van der Waals surface area contributed by atoms with Crippen molar-refractivity contribution in [2.24, 2.45) is 0 Å². The van der Waals surface area contributed by atoms with E-state index in [-0.39, 0.29) is 16.9 Å². The molecule has 0 aliphatic heterocycles. The molecule has 0 spiro atoms. The second kappa shape index (κ2) is 4.44. The van der Waals surface area contributed by atoms with Gasteiger partial charge in [-0.15, -0.1) is 0 Å². The van der Waals surface area contributed by atoms with Gasteiger partial charge >= 0.3 is 6.18 Å². The maximum Gasteiger partial charge on any atom is 0.422 e. The molecule has 1 aromatic heterocycles. The number of nitrogens with two attached hydrogens (primary N) is 1. The van der Waals surface area contributed by atoms with Gasteiger partial charge in [-0.2, -0.15) is 13.2 Å². The monoisotopic (exact) mass is 251 g/mol. The zero-order chi connectivity index (χ0) is 13.2. The minimum atomic E-state index is -4.52. The summed E-state index contributed by atoms with van der Waals surface area (Å²) in [5.41, 5.74) is 4.76. The molecule has 0 aromatic carbocycles. The number of halogens is 3. The van der Waals surface area contributed by atoms with E-state index in [1.165, 1.54) is 6.92 Å². The second-order valence-electron chi connectivity index (χ2n) is 3.15. The Hall–Kier alpha value is -2.06. The molecule has 0 saturated carbocycles. The first kappa shape index (κ1) is 13.0. The number of hydrogen-bond donors (Lipinski definition) is 1. The largest absolute Gasteiger partial charge is 0.467 e. The zero-order valence-corrected chi connectivity index (χ0v) is 8.61. The van der Waals surface area contributed by atoms with Crippen LogP contribution in [0.3, 0.4) is 0 Å². The van der Waals surface area contributed by atoms with Gasteiger partial charge in [0.1, 0.15) is 11.9 Å². The maximum atomic E-state index is 11.9. The van der Waals surface area contributed by atoms with Gasteiger partial charge in [-0.3, -0.25) is 10.1 Å². The van der Waals surface area contributed by atoms with Gasteiger partial charge in [-0.05, 0) is 6.92 Å². The third-order valence-corrected chi connectivity index (χ3v) is 1.89. The number of ether oxygens (including phenoxy) is 1. The number of nitrogens with zero attached hydrogens (tertiary/aromatic N) is 2. The van der Waals surface area contributed by atoms with E-state index in [2.05, 4.69) is 9.72 Å². The molecule has 0 fully saturated rings. The van der Waals surface area contributed by atoms with E-state index in [0.717, 1.165) is 6.20 Å². The van der Waals surface area contributed by atoms with Crippen LogP contribution in [-0.4, -0.2) is 22.7 Å². The Bertz CT molecular complexity index is 448. The lowest BCUT2D eigenvalue weighted by atomic mass is 10.2. The summed E-state index contributed by atoms with van der Waals surface area (Å²) in [6, 6.07) is 0. The van der Waals surface area contributed by atoms with E-state index in [1.54, 1.807) is 0 Å². The van der Waals surface area contributed by atoms with Gasteiger partial charge < -0.3 is 10.5 Å². The fourth-order valence-corrected chi connectivity index (χ4v) is 1.03. The number of anilines is 1. The van der Waals surface area contributed by atoms with Crippen LogP contribution in [0.25, 0.3) is 0 Å². The van der Waals surface area contributed by atoms with Crippen LogP contribution in [0.15, 0.2) is 6.20 Å². The number of nitrogen functional groups attached to an aromatic ring is 1. The number of hydrogen-bond acceptors (Lipinski definition) is 5. The van der Waals surface area contributed by atoms with Crippen molar-refractivity contribution < 1.29 is 22.8 Å². The molecule has 0 bridgehead atoms. The predicted molar refractivity (Wildman–Crippen MR) is 51.6 cm³/mol. The molecule has 0 amide bonds. The van der Waals surface area contributed by atoms with Crippen molar-refractivity contribution in [2.75, 3.05) is 12.3 Å². The van der Waals surface area contributed by atoms with Gasteiger partial charge in [0.25, 0.3) is 5.69 Å². The van der Waals surface area contributed by atoms with Crippen LogP contribution in [0.5, 0.6) is 5.88 Å². The Morgan fingerprint density at radius 2 is 2.18 bits per heavy atom. The molecule has 6 nitrogen and oxygen atoms in total. The van der Waals surface area contributed by atoms with Crippen molar-refractivity contribution in [2.45, 2.75) is 13.1 Å². The average Bonchev–Trinajstić information content (AvgIpc) is 2.18. The number of aromatic nitrogens is 1. The lowest BCUT2D eigenvalue weighted by Gasteiger charge is -2.11. The molecule has 2 N–H and O–H groups in total. The molecule has 0 atom stereocenters. The molecule has 9 heteroatoms. The van der Waals surface area contributed by atoms with Crippen LogP contribution in [0.4, 0.5) is 24.5 Å². The summed E-state index contributed by atoms with van der Waals surface area (Å²) in [6.07, 6.45) is -3.72. The predicted octanol–water partition coefficient (Wildman–Crippen LogP) is 1.82. The van der Waals surface area contributed by atoms with Gasteiger partial charge in [-0.1, -0.05) is 0 Å². The summed E-state index contributed by atoms with van der Waals surface area (Å²) >= 11 is 0. The molecule has 94 valence electrons. The van der Waals surface area contributed by atoms with Crippen molar-refractivity contribution in [3.05, 3.63) is 21.9 Å². The summed E-state index contributed by atoms with van der Waals surface area (Å²) in [5.74, 6) is -0.467. The summed E-state index contributed by atoms with van der Waals surface area (Å²) in [4.78, 5) is 13.1. The minimum absolute atomic E-state index is 0.0159. The number of alkyl halides is 3. The highest BCUT2D eigenvalue weighted by Crippen LogP contribution is 2.30. The van der Waals surface area contributed by atoms with Gasteiger partial charge in [0.15, 0.2) is 6.61 Å².